The Morgan fingerprint density at radius 3 is 1.63 bits per heavy atom. The van der Waals surface area contributed by atoms with Crippen molar-refractivity contribution in [2.24, 2.45) is 37.2 Å². The van der Waals surface area contributed by atoms with Crippen molar-refractivity contribution in [1.82, 2.24) is 5.09 Å². The molecule has 188 valence electrons. The van der Waals surface area contributed by atoms with E-state index in [-0.39, 0.29) is 17.9 Å². The van der Waals surface area contributed by atoms with Gasteiger partial charge in [0.2, 0.25) is 23.8 Å². The fourth-order valence-corrected chi connectivity index (χ4v) is 3.17. The minimum absolute atomic E-state index is 0.132. The molecule has 0 aliphatic rings. The normalized spacial score (nSPS) is 13.0. The van der Waals surface area contributed by atoms with Crippen molar-refractivity contribution in [2.75, 3.05) is 23.7 Å². The number of unbranched alkanes of at least 4 members (excludes halogenated alkanes) is 3. The lowest BCUT2D eigenvalue weighted by atomic mass is 10.2. The molecule has 0 aliphatic carbocycles. The lowest BCUT2D eigenvalue weighted by molar-refractivity contribution is 0.653. The second kappa shape index (κ2) is 15.8. The molecule has 0 bridgehead atoms. The summed E-state index contributed by atoms with van der Waals surface area (Å²) in [6, 6.07) is 14.2. The fraction of sp³-hybridized carbons (Fsp3) is 0.273. The molecular weight excluding hydrogens is 506 g/mol. The van der Waals surface area contributed by atoms with Crippen LogP contribution in [0.3, 0.4) is 0 Å². The molecule has 0 saturated heterocycles. The van der Waals surface area contributed by atoms with Gasteiger partial charge in [-0.3, -0.25) is 9.98 Å². The van der Waals surface area contributed by atoms with Crippen LogP contribution in [0.1, 0.15) is 25.7 Å². The molecule has 0 spiro atoms. The number of anilines is 2. The first-order valence-corrected chi connectivity index (χ1v) is 12.2. The summed E-state index contributed by atoms with van der Waals surface area (Å²) in [5.74, 6) is 0.945. The summed E-state index contributed by atoms with van der Waals surface area (Å²) in [5.41, 5.74) is 19.1. The Labute approximate surface area is 217 Å². The van der Waals surface area contributed by atoms with E-state index in [4.69, 9.17) is 40.4 Å². The van der Waals surface area contributed by atoms with Crippen LogP contribution in [0.5, 0.6) is 0 Å². The summed E-state index contributed by atoms with van der Waals surface area (Å²) < 4.78 is 0. The van der Waals surface area contributed by atoms with Gasteiger partial charge in [-0.05, 0) is 70.8 Å². The Balaban J connectivity index is 1.65. The number of nitrogens with one attached hydrogen (secondary N) is 3. The van der Waals surface area contributed by atoms with Crippen LogP contribution in [0.2, 0.25) is 10.0 Å². The van der Waals surface area contributed by atoms with Gasteiger partial charge in [0.1, 0.15) is 0 Å². The fourth-order valence-electron chi connectivity index (χ4n) is 2.76. The standard InChI is InChI=1S/C22H31Cl2N10P/c23-15-5-9-17(10-6-15)30-20(26)32-19(25)28-13-3-1-2-4-14-29-22(34-35)33-21(27)31-18-11-7-16(24)8-12-18/h5-12H,1-4,13-14,35H2,(H5,25,26,28,30,32)(H4,27,29,31,33,34). The minimum atomic E-state index is 0.132. The van der Waals surface area contributed by atoms with Crippen molar-refractivity contribution in [2.45, 2.75) is 25.7 Å². The number of benzene rings is 2. The second-order valence-corrected chi connectivity index (χ2v) is 8.42. The van der Waals surface area contributed by atoms with Crippen LogP contribution in [-0.2, 0) is 0 Å². The van der Waals surface area contributed by atoms with Gasteiger partial charge in [0.05, 0.1) is 0 Å². The molecule has 0 aliphatic heterocycles. The lowest BCUT2D eigenvalue weighted by Crippen LogP contribution is -2.26. The van der Waals surface area contributed by atoms with Gasteiger partial charge >= 0.3 is 0 Å². The molecule has 0 amide bonds. The zero-order valence-electron chi connectivity index (χ0n) is 19.2. The molecule has 1 unspecified atom stereocenters. The van der Waals surface area contributed by atoms with E-state index in [9.17, 15) is 0 Å². The average Bonchev–Trinajstić information content (AvgIpc) is 2.82. The maximum absolute atomic E-state index is 5.93. The predicted molar refractivity (Wildman–Crippen MR) is 153 cm³/mol. The van der Waals surface area contributed by atoms with Crippen LogP contribution in [-0.4, -0.2) is 36.9 Å². The summed E-state index contributed by atoms with van der Waals surface area (Å²) in [4.78, 5) is 16.9. The first kappa shape index (κ1) is 28.2. The molecule has 1 atom stereocenters. The van der Waals surface area contributed by atoms with Crippen LogP contribution in [0.4, 0.5) is 11.4 Å². The molecule has 2 rings (SSSR count). The highest BCUT2D eigenvalue weighted by Gasteiger charge is 2.00. The monoisotopic (exact) mass is 536 g/mol. The van der Waals surface area contributed by atoms with Crippen LogP contribution < -0.4 is 32.9 Å². The van der Waals surface area contributed by atoms with Gasteiger partial charge in [-0.1, -0.05) is 36.0 Å². The van der Waals surface area contributed by atoms with E-state index in [0.717, 1.165) is 37.1 Å². The third-order valence-electron chi connectivity index (χ3n) is 4.43. The third kappa shape index (κ3) is 12.3. The largest absolute Gasteiger partial charge is 0.369 e. The first-order valence-electron chi connectivity index (χ1n) is 10.9. The Morgan fingerprint density at radius 1 is 0.686 bits per heavy atom. The van der Waals surface area contributed by atoms with Crippen LogP contribution in [0, 0.1) is 0 Å². The van der Waals surface area contributed by atoms with Gasteiger partial charge in [0.25, 0.3) is 0 Å². The first-order chi connectivity index (χ1) is 16.9. The molecular formula is C22H31Cl2N10P. The van der Waals surface area contributed by atoms with Crippen LogP contribution >= 0.6 is 32.6 Å². The topological polar surface area (TPSA) is 164 Å². The number of nitrogens with two attached hydrogens (primary N) is 3. The zero-order chi connectivity index (χ0) is 25.5. The van der Waals surface area contributed by atoms with E-state index in [1.54, 1.807) is 36.4 Å². The minimum Gasteiger partial charge on any atom is -0.369 e. The molecule has 0 aromatic heterocycles. The lowest BCUT2D eigenvalue weighted by Gasteiger charge is -2.06. The van der Waals surface area contributed by atoms with Gasteiger partial charge < -0.3 is 32.9 Å². The summed E-state index contributed by atoms with van der Waals surface area (Å²) in [7, 11) is 2.37. The molecule has 0 fully saturated rings. The zero-order valence-corrected chi connectivity index (χ0v) is 21.9. The van der Waals surface area contributed by atoms with E-state index in [1.807, 2.05) is 12.1 Å². The number of guanidine groups is 4. The molecule has 35 heavy (non-hydrogen) atoms. The predicted octanol–water partition coefficient (Wildman–Crippen LogP) is 3.76. The molecule has 0 heterocycles. The summed E-state index contributed by atoms with van der Waals surface area (Å²) >= 11 is 11.7. The summed E-state index contributed by atoms with van der Waals surface area (Å²) in [6.07, 6.45) is 3.77. The summed E-state index contributed by atoms with van der Waals surface area (Å²) in [5, 5.41) is 10.1. The van der Waals surface area contributed by atoms with Gasteiger partial charge in [0.15, 0.2) is 0 Å². The van der Waals surface area contributed by atoms with E-state index < -0.39 is 0 Å². The van der Waals surface area contributed by atoms with Gasteiger partial charge in [-0.25, -0.2) is 0 Å². The van der Waals surface area contributed by atoms with E-state index in [1.165, 1.54) is 0 Å². The van der Waals surface area contributed by atoms with Crippen molar-refractivity contribution >= 4 is 67.8 Å². The van der Waals surface area contributed by atoms with E-state index in [2.05, 4.69) is 45.1 Å². The summed E-state index contributed by atoms with van der Waals surface area (Å²) in [6.45, 7) is 1.19. The Hall–Kier alpha value is -3.07. The van der Waals surface area contributed by atoms with Gasteiger partial charge in [0, 0.05) is 34.5 Å². The molecule has 0 radical (unpaired) electrons. The van der Waals surface area contributed by atoms with Crippen molar-refractivity contribution in [1.29, 1.82) is 0 Å². The van der Waals surface area contributed by atoms with E-state index >= 15 is 0 Å². The molecule has 2 aromatic carbocycles. The van der Waals surface area contributed by atoms with E-state index in [0.29, 0.717) is 29.1 Å². The van der Waals surface area contributed by atoms with Gasteiger partial charge in [-0.15, -0.1) is 0 Å². The van der Waals surface area contributed by atoms with Crippen LogP contribution in [0.15, 0.2) is 68.5 Å². The maximum Gasteiger partial charge on any atom is 0.224 e. The number of rotatable bonds is 9. The number of hydrogen-bond acceptors (Lipinski definition) is 2. The molecule has 2 aromatic rings. The number of halogens is 2. The van der Waals surface area contributed by atoms with Gasteiger partial charge in [-0.2, -0.15) is 9.98 Å². The van der Waals surface area contributed by atoms with Crippen molar-refractivity contribution in [3.8, 4) is 0 Å². The van der Waals surface area contributed by atoms with Crippen molar-refractivity contribution in [3.63, 3.8) is 0 Å². The molecule has 0 saturated carbocycles. The maximum atomic E-state index is 5.93. The molecule has 9 N–H and O–H groups in total. The SMILES string of the molecule is NC(=NCCCCCCN=C(N=C(N)Nc1ccc(Cl)cc1)NP)N=C(N)Nc1ccc(Cl)cc1. The highest BCUT2D eigenvalue weighted by Crippen LogP contribution is 2.13. The Kier molecular flexibility index (Phi) is 12.7. The number of aliphatic imine (C=N–C) groups is 4. The van der Waals surface area contributed by atoms with Crippen molar-refractivity contribution < 1.29 is 0 Å². The third-order valence-corrected chi connectivity index (χ3v) is 5.19. The number of hydrogen-bond donors (Lipinski definition) is 6. The molecule has 13 heteroatoms. The smallest absolute Gasteiger partial charge is 0.224 e. The highest BCUT2D eigenvalue weighted by atomic mass is 35.5. The Bertz CT molecular complexity index is 1040. The quantitative estimate of drug-likeness (QED) is 0.123. The average molecular weight is 537 g/mol. The molecule has 10 nitrogen and oxygen atoms in total. The Morgan fingerprint density at radius 2 is 1.14 bits per heavy atom. The van der Waals surface area contributed by atoms with Crippen LogP contribution in [0.25, 0.3) is 0 Å². The van der Waals surface area contributed by atoms with Crippen molar-refractivity contribution in [3.05, 3.63) is 58.6 Å². The number of nitrogens with zero attached hydrogens (tertiary/aromatic N) is 4. The highest BCUT2D eigenvalue weighted by molar-refractivity contribution is 7.15. The second-order valence-electron chi connectivity index (χ2n) is 7.26.